The van der Waals surface area contributed by atoms with Crippen molar-refractivity contribution in [3.63, 3.8) is 0 Å². The maximum atomic E-state index is 6.02. The van der Waals surface area contributed by atoms with Crippen LogP contribution in [-0.4, -0.2) is 18.8 Å². The van der Waals surface area contributed by atoms with E-state index in [1.807, 2.05) is 0 Å². The number of aryl methyl sites for hydroxylation is 1. The lowest BCUT2D eigenvalue weighted by Gasteiger charge is -2.37. The van der Waals surface area contributed by atoms with Gasteiger partial charge < -0.3 is 9.47 Å². The summed E-state index contributed by atoms with van der Waals surface area (Å²) in [6.45, 7) is 11.6. The van der Waals surface area contributed by atoms with Crippen molar-refractivity contribution in [3.05, 3.63) is 34.4 Å². The fraction of sp³-hybridized carbons (Fsp3) is 0.647. The molecule has 1 aliphatic rings. The molecule has 1 aromatic carbocycles. The molecule has 1 aromatic rings. The molecule has 0 aliphatic carbocycles. The molecule has 106 valence electrons. The molecule has 19 heavy (non-hydrogen) atoms. The Bertz CT molecular complexity index is 461. The highest BCUT2D eigenvalue weighted by molar-refractivity contribution is 5.42. The van der Waals surface area contributed by atoms with Gasteiger partial charge in [0.15, 0.2) is 0 Å². The lowest BCUT2D eigenvalue weighted by Crippen LogP contribution is -2.43. The van der Waals surface area contributed by atoms with Crippen LogP contribution in [0.5, 0.6) is 0 Å². The fourth-order valence-corrected chi connectivity index (χ4v) is 2.83. The monoisotopic (exact) mass is 262 g/mol. The van der Waals surface area contributed by atoms with Crippen molar-refractivity contribution < 1.29 is 9.47 Å². The Morgan fingerprint density at radius 2 is 2.00 bits per heavy atom. The third kappa shape index (κ3) is 2.85. The SMILES string of the molecule is COC(C)(C)C1Cc2c(cc(C)cc2C(C)C)CO1. The van der Waals surface area contributed by atoms with Crippen LogP contribution in [0.4, 0.5) is 0 Å². The molecule has 0 bridgehead atoms. The lowest BCUT2D eigenvalue weighted by atomic mass is 9.84. The molecule has 1 aliphatic heterocycles. The molecule has 1 unspecified atom stereocenters. The van der Waals surface area contributed by atoms with Gasteiger partial charge in [-0.2, -0.15) is 0 Å². The van der Waals surface area contributed by atoms with Crippen LogP contribution in [0.25, 0.3) is 0 Å². The minimum Gasteiger partial charge on any atom is -0.376 e. The average molecular weight is 262 g/mol. The van der Waals surface area contributed by atoms with Gasteiger partial charge in [-0.1, -0.05) is 31.5 Å². The van der Waals surface area contributed by atoms with E-state index in [1.54, 1.807) is 7.11 Å². The number of ether oxygens (including phenoxy) is 2. The number of rotatable bonds is 3. The normalized spacial score (nSPS) is 19.6. The summed E-state index contributed by atoms with van der Waals surface area (Å²) >= 11 is 0. The van der Waals surface area contributed by atoms with Gasteiger partial charge in [-0.15, -0.1) is 0 Å². The van der Waals surface area contributed by atoms with Crippen LogP contribution < -0.4 is 0 Å². The number of methoxy groups -OCH3 is 1. The summed E-state index contributed by atoms with van der Waals surface area (Å²) in [6.07, 6.45) is 1.08. The van der Waals surface area contributed by atoms with E-state index in [1.165, 1.54) is 22.3 Å². The van der Waals surface area contributed by atoms with Crippen molar-refractivity contribution in [3.8, 4) is 0 Å². The molecule has 2 rings (SSSR count). The van der Waals surface area contributed by atoms with Crippen LogP contribution >= 0.6 is 0 Å². The Labute approximate surface area is 117 Å². The quantitative estimate of drug-likeness (QED) is 0.820. The Morgan fingerprint density at radius 1 is 1.32 bits per heavy atom. The smallest absolute Gasteiger partial charge is 0.0904 e. The summed E-state index contributed by atoms with van der Waals surface area (Å²) < 4.78 is 11.6. The highest BCUT2D eigenvalue weighted by atomic mass is 16.5. The zero-order valence-electron chi connectivity index (χ0n) is 13.0. The highest BCUT2D eigenvalue weighted by Gasteiger charge is 2.34. The average Bonchev–Trinajstić information content (AvgIpc) is 2.36. The Balaban J connectivity index is 2.39. The fourth-order valence-electron chi connectivity index (χ4n) is 2.83. The molecule has 0 saturated heterocycles. The molecule has 0 radical (unpaired) electrons. The summed E-state index contributed by atoms with van der Waals surface area (Å²) in [5.41, 5.74) is 5.39. The van der Waals surface area contributed by atoms with Gasteiger partial charge in [0.25, 0.3) is 0 Å². The van der Waals surface area contributed by atoms with E-state index >= 15 is 0 Å². The van der Waals surface area contributed by atoms with E-state index in [-0.39, 0.29) is 11.7 Å². The first-order valence-corrected chi connectivity index (χ1v) is 7.14. The summed E-state index contributed by atoms with van der Waals surface area (Å²) in [4.78, 5) is 0. The van der Waals surface area contributed by atoms with Gasteiger partial charge in [-0.3, -0.25) is 0 Å². The third-order valence-electron chi connectivity index (χ3n) is 4.27. The minimum absolute atomic E-state index is 0.130. The molecular formula is C17H26O2. The number of fused-ring (bicyclic) bond motifs is 1. The zero-order chi connectivity index (χ0) is 14.2. The molecule has 0 amide bonds. The lowest BCUT2D eigenvalue weighted by molar-refractivity contribution is -0.120. The van der Waals surface area contributed by atoms with Crippen molar-refractivity contribution in [2.24, 2.45) is 0 Å². The summed E-state index contributed by atoms with van der Waals surface area (Å²) in [7, 11) is 1.76. The summed E-state index contributed by atoms with van der Waals surface area (Å²) in [5, 5.41) is 0. The Kier molecular flexibility index (Phi) is 4.03. The maximum absolute atomic E-state index is 6.02. The summed E-state index contributed by atoms with van der Waals surface area (Å²) in [5.74, 6) is 0.554. The van der Waals surface area contributed by atoms with E-state index in [9.17, 15) is 0 Å². The topological polar surface area (TPSA) is 18.5 Å². The van der Waals surface area contributed by atoms with Crippen LogP contribution in [0.1, 0.15) is 55.9 Å². The number of hydrogen-bond acceptors (Lipinski definition) is 2. The number of hydrogen-bond donors (Lipinski definition) is 0. The van der Waals surface area contributed by atoms with Gasteiger partial charge in [-0.05, 0) is 43.4 Å². The zero-order valence-corrected chi connectivity index (χ0v) is 13.0. The first-order valence-electron chi connectivity index (χ1n) is 7.14. The van der Waals surface area contributed by atoms with Gasteiger partial charge in [0.2, 0.25) is 0 Å². The highest BCUT2D eigenvalue weighted by Crippen LogP contribution is 2.33. The van der Waals surface area contributed by atoms with Gasteiger partial charge in [0, 0.05) is 13.5 Å². The second kappa shape index (κ2) is 5.26. The van der Waals surface area contributed by atoms with E-state index in [2.05, 4.69) is 46.8 Å². The maximum Gasteiger partial charge on any atom is 0.0904 e. The molecule has 2 heteroatoms. The van der Waals surface area contributed by atoms with Gasteiger partial charge in [0.05, 0.1) is 18.3 Å². The molecule has 0 N–H and O–H groups in total. The largest absolute Gasteiger partial charge is 0.376 e. The van der Waals surface area contributed by atoms with Crippen molar-refractivity contribution in [2.45, 2.75) is 65.3 Å². The molecular weight excluding hydrogens is 236 g/mol. The third-order valence-corrected chi connectivity index (χ3v) is 4.27. The first-order chi connectivity index (χ1) is 8.85. The molecule has 2 nitrogen and oxygen atoms in total. The Hall–Kier alpha value is -0.860. The predicted octanol–water partition coefficient (Wildman–Crippen LogP) is 3.98. The standard InChI is InChI=1S/C17H26O2/c1-11(2)14-8-12(3)7-13-10-19-16(9-15(13)14)17(4,5)18-6/h7-8,11,16H,9-10H2,1-6H3. The molecule has 1 heterocycles. The first kappa shape index (κ1) is 14.5. The van der Waals surface area contributed by atoms with Crippen LogP contribution in [0.15, 0.2) is 12.1 Å². The molecule has 0 aromatic heterocycles. The number of benzene rings is 1. The van der Waals surface area contributed by atoms with Gasteiger partial charge >= 0.3 is 0 Å². The van der Waals surface area contributed by atoms with Crippen LogP contribution in [0, 0.1) is 6.92 Å². The van der Waals surface area contributed by atoms with E-state index in [0.717, 1.165) is 6.42 Å². The second-order valence-corrected chi connectivity index (χ2v) is 6.46. The van der Waals surface area contributed by atoms with Crippen molar-refractivity contribution >= 4 is 0 Å². The van der Waals surface area contributed by atoms with Gasteiger partial charge in [0.1, 0.15) is 0 Å². The molecule has 0 fully saturated rings. The van der Waals surface area contributed by atoms with Crippen LogP contribution in [-0.2, 0) is 22.5 Å². The van der Waals surface area contributed by atoms with Crippen LogP contribution in [0.3, 0.4) is 0 Å². The summed E-state index contributed by atoms with van der Waals surface area (Å²) in [6, 6.07) is 4.59. The van der Waals surface area contributed by atoms with E-state index < -0.39 is 0 Å². The minimum atomic E-state index is -0.239. The van der Waals surface area contributed by atoms with Crippen LogP contribution in [0.2, 0.25) is 0 Å². The van der Waals surface area contributed by atoms with E-state index in [4.69, 9.17) is 9.47 Å². The van der Waals surface area contributed by atoms with Crippen molar-refractivity contribution in [1.82, 2.24) is 0 Å². The molecule has 1 atom stereocenters. The van der Waals surface area contributed by atoms with E-state index in [0.29, 0.717) is 12.5 Å². The van der Waals surface area contributed by atoms with Crippen molar-refractivity contribution in [1.29, 1.82) is 0 Å². The van der Waals surface area contributed by atoms with Gasteiger partial charge in [-0.25, -0.2) is 0 Å². The predicted molar refractivity (Wildman–Crippen MR) is 78.6 cm³/mol. The second-order valence-electron chi connectivity index (χ2n) is 6.46. The molecule has 0 saturated carbocycles. The Morgan fingerprint density at radius 3 is 2.58 bits per heavy atom. The van der Waals surface area contributed by atoms with Crippen molar-refractivity contribution in [2.75, 3.05) is 7.11 Å². The molecule has 0 spiro atoms.